The molecule has 6 heteroatoms. The van der Waals surface area contributed by atoms with E-state index < -0.39 is 5.60 Å². The Balaban J connectivity index is 1.59. The molecule has 1 saturated heterocycles. The Morgan fingerprint density at radius 2 is 2.13 bits per heavy atom. The van der Waals surface area contributed by atoms with Crippen molar-refractivity contribution in [3.63, 3.8) is 0 Å². The van der Waals surface area contributed by atoms with Crippen molar-refractivity contribution < 1.29 is 19.0 Å². The molecule has 1 spiro atoms. The van der Waals surface area contributed by atoms with Crippen molar-refractivity contribution >= 4 is 28.9 Å². The molecule has 5 aliphatic rings. The number of aldehydes is 1. The third kappa shape index (κ3) is 2.18. The number of ether oxygens (including phenoxy) is 3. The first-order valence-electron chi connectivity index (χ1n) is 11.2. The maximum absolute atomic E-state index is 12.3. The van der Waals surface area contributed by atoms with E-state index in [1.807, 2.05) is 0 Å². The van der Waals surface area contributed by atoms with E-state index in [0.717, 1.165) is 49.5 Å². The fraction of sp³-hybridized carbons (Fsp3) is 0.708. The summed E-state index contributed by atoms with van der Waals surface area (Å²) >= 11 is 2.74. The maximum Gasteiger partial charge on any atom is 0.166 e. The molecule has 2 saturated carbocycles. The van der Waals surface area contributed by atoms with Crippen molar-refractivity contribution in [3.05, 3.63) is 23.3 Å². The van der Waals surface area contributed by atoms with Gasteiger partial charge in [-0.15, -0.1) is 0 Å². The lowest BCUT2D eigenvalue weighted by molar-refractivity contribution is -0.181. The number of likely N-dealkylation sites (tertiary alicyclic amines) is 1. The zero-order valence-electron chi connectivity index (χ0n) is 17.9. The number of alkyl halides is 1. The van der Waals surface area contributed by atoms with Crippen molar-refractivity contribution in [2.24, 2.45) is 11.8 Å². The third-order valence-corrected chi connectivity index (χ3v) is 11.2. The number of methoxy groups -OCH3 is 2. The first-order chi connectivity index (χ1) is 14.4. The molecule has 2 heterocycles. The molecule has 2 aliphatic heterocycles. The van der Waals surface area contributed by atoms with Gasteiger partial charge in [0.2, 0.25) is 0 Å². The fourth-order valence-corrected chi connectivity index (χ4v) is 9.19. The molecule has 6 atom stereocenters. The summed E-state index contributed by atoms with van der Waals surface area (Å²) < 4.78 is 18.6. The number of halogens is 1. The van der Waals surface area contributed by atoms with Crippen LogP contribution in [0.25, 0.3) is 0 Å². The number of carbonyl (C=O) groups is 1. The summed E-state index contributed by atoms with van der Waals surface area (Å²) in [6.45, 7) is 4.37. The highest BCUT2D eigenvalue weighted by molar-refractivity contribution is 14.1. The van der Waals surface area contributed by atoms with Gasteiger partial charge in [0.1, 0.15) is 18.0 Å². The van der Waals surface area contributed by atoms with Crippen molar-refractivity contribution in [1.82, 2.24) is 4.90 Å². The molecular weight excluding hydrogens is 493 g/mol. The van der Waals surface area contributed by atoms with Crippen LogP contribution in [0.5, 0.6) is 11.5 Å². The van der Waals surface area contributed by atoms with Crippen LogP contribution in [0.4, 0.5) is 0 Å². The van der Waals surface area contributed by atoms with E-state index in [0.29, 0.717) is 6.04 Å². The second-order valence-corrected chi connectivity index (χ2v) is 12.1. The van der Waals surface area contributed by atoms with Crippen LogP contribution < -0.4 is 9.47 Å². The Bertz CT molecular complexity index is 919. The molecule has 0 N–H and O–H groups in total. The number of hydrogen-bond donors (Lipinski definition) is 0. The Morgan fingerprint density at radius 1 is 1.33 bits per heavy atom. The van der Waals surface area contributed by atoms with E-state index >= 15 is 0 Å². The minimum atomic E-state index is -0.654. The Kier molecular flexibility index (Phi) is 4.19. The highest BCUT2D eigenvalue weighted by Gasteiger charge is 2.76. The lowest BCUT2D eigenvalue weighted by Crippen LogP contribution is -2.78. The van der Waals surface area contributed by atoms with Gasteiger partial charge >= 0.3 is 0 Å². The Hall–Kier alpha value is -0.860. The zero-order valence-corrected chi connectivity index (χ0v) is 20.1. The number of nitrogens with zero attached hydrogens (tertiary/aromatic N) is 1. The van der Waals surface area contributed by atoms with Crippen LogP contribution >= 0.6 is 22.6 Å². The van der Waals surface area contributed by atoms with E-state index in [1.165, 1.54) is 30.5 Å². The van der Waals surface area contributed by atoms with Gasteiger partial charge in [0.25, 0.3) is 0 Å². The van der Waals surface area contributed by atoms with Gasteiger partial charge in [-0.2, -0.15) is 0 Å². The zero-order chi connectivity index (χ0) is 20.9. The molecule has 3 aliphatic carbocycles. The summed E-state index contributed by atoms with van der Waals surface area (Å²) in [6, 6.07) is 4.74. The summed E-state index contributed by atoms with van der Waals surface area (Å²) in [5.41, 5.74) is 1.93. The minimum absolute atomic E-state index is 0.0587. The molecule has 0 radical (unpaired) electrons. The van der Waals surface area contributed by atoms with Gasteiger partial charge in [-0.3, -0.25) is 4.90 Å². The molecule has 30 heavy (non-hydrogen) atoms. The van der Waals surface area contributed by atoms with E-state index in [1.54, 1.807) is 14.2 Å². The van der Waals surface area contributed by atoms with Crippen molar-refractivity contribution in [2.45, 2.75) is 65.6 Å². The topological polar surface area (TPSA) is 48.0 Å². The first-order valence-corrected chi connectivity index (χ1v) is 12.3. The average molecular weight is 523 g/mol. The summed E-state index contributed by atoms with van der Waals surface area (Å²) in [6.07, 6.45) is 6.57. The lowest BCUT2D eigenvalue weighted by Gasteiger charge is -2.67. The van der Waals surface area contributed by atoms with E-state index in [2.05, 4.69) is 46.5 Å². The number of rotatable bonds is 5. The lowest BCUT2D eigenvalue weighted by atomic mass is 9.47. The average Bonchev–Trinajstić information content (AvgIpc) is 3.49. The number of hydrogen-bond acceptors (Lipinski definition) is 5. The van der Waals surface area contributed by atoms with Gasteiger partial charge in [0, 0.05) is 31.2 Å². The quantitative estimate of drug-likeness (QED) is 0.336. The van der Waals surface area contributed by atoms with Crippen LogP contribution in [0.2, 0.25) is 0 Å². The second-order valence-electron chi connectivity index (χ2n) is 10.2. The van der Waals surface area contributed by atoms with Crippen LogP contribution in [0.1, 0.15) is 43.7 Å². The molecule has 6 rings (SSSR count). The van der Waals surface area contributed by atoms with Gasteiger partial charge < -0.3 is 19.0 Å². The Labute approximate surface area is 191 Å². The summed E-state index contributed by atoms with van der Waals surface area (Å²) in [5, 5.41) is 0. The number of piperidine rings is 1. The highest BCUT2D eigenvalue weighted by Crippen LogP contribution is 2.71. The number of carbonyl (C=O) groups excluding carboxylic acids is 1. The molecule has 5 nitrogen and oxygen atoms in total. The van der Waals surface area contributed by atoms with Crippen LogP contribution in [-0.4, -0.2) is 59.7 Å². The molecule has 2 bridgehead atoms. The molecule has 0 aromatic heterocycles. The molecular formula is C24H30INO4. The van der Waals surface area contributed by atoms with Gasteiger partial charge in [-0.1, -0.05) is 28.7 Å². The summed E-state index contributed by atoms with van der Waals surface area (Å²) in [5.74, 6) is 2.36. The SMILES string of the molecule is COc1ccc2c3c1O[C@H]1[C@](C)(OC)[C@@H](C=O)C[C@]4(I)[C@@H](C2)N(CC2CC2)CC[C@]314. The van der Waals surface area contributed by atoms with Crippen LogP contribution in [0.15, 0.2) is 12.1 Å². The van der Waals surface area contributed by atoms with Gasteiger partial charge in [-0.25, -0.2) is 0 Å². The summed E-state index contributed by atoms with van der Waals surface area (Å²) in [4.78, 5) is 15.1. The smallest absolute Gasteiger partial charge is 0.166 e. The molecule has 1 aromatic carbocycles. The Morgan fingerprint density at radius 3 is 2.80 bits per heavy atom. The first kappa shape index (κ1) is 19.8. The van der Waals surface area contributed by atoms with Crippen LogP contribution in [0.3, 0.4) is 0 Å². The molecule has 162 valence electrons. The van der Waals surface area contributed by atoms with Crippen LogP contribution in [0, 0.1) is 11.8 Å². The predicted octanol–water partition coefficient (Wildman–Crippen LogP) is 3.53. The molecule has 0 amide bonds. The molecule has 3 fully saturated rings. The van der Waals surface area contributed by atoms with Crippen molar-refractivity contribution in [2.75, 3.05) is 27.3 Å². The van der Waals surface area contributed by atoms with E-state index in [4.69, 9.17) is 14.2 Å². The summed E-state index contributed by atoms with van der Waals surface area (Å²) in [7, 11) is 3.45. The second kappa shape index (κ2) is 6.35. The van der Waals surface area contributed by atoms with Crippen LogP contribution in [-0.2, 0) is 21.4 Å². The largest absolute Gasteiger partial charge is 0.493 e. The molecule has 0 unspecified atom stereocenters. The van der Waals surface area contributed by atoms with E-state index in [9.17, 15) is 4.79 Å². The highest BCUT2D eigenvalue weighted by atomic mass is 127. The predicted molar refractivity (Wildman–Crippen MR) is 122 cm³/mol. The van der Waals surface area contributed by atoms with Gasteiger partial charge in [0.15, 0.2) is 11.5 Å². The van der Waals surface area contributed by atoms with E-state index in [-0.39, 0.29) is 20.9 Å². The van der Waals surface area contributed by atoms with Crippen molar-refractivity contribution in [1.29, 1.82) is 0 Å². The van der Waals surface area contributed by atoms with Gasteiger partial charge in [-0.05, 0) is 63.1 Å². The maximum atomic E-state index is 12.3. The monoisotopic (exact) mass is 523 g/mol. The molecule has 1 aromatic rings. The third-order valence-electron chi connectivity index (χ3n) is 9.04. The fourth-order valence-electron chi connectivity index (χ4n) is 7.28. The van der Waals surface area contributed by atoms with Gasteiger partial charge in [0.05, 0.1) is 15.9 Å². The number of benzene rings is 1. The van der Waals surface area contributed by atoms with Crippen molar-refractivity contribution in [3.8, 4) is 11.5 Å². The minimum Gasteiger partial charge on any atom is -0.493 e. The normalized spacial score (nSPS) is 43.7. The standard InChI is InChI=1S/C24H30INO4/c1-22(29-3)16(13-27)11-24(25)18-10-15-6-7-17(28-2)20-19(15)23(24,21(22)30-20)8-9-26(18)12-14-4-5-14/h6-7,13-14,16,18,21H,4-5,8-12H2,1-3H3/t16-,18-,21+,22-,23+,24+/m1/s1.